The number of aromatic nitrogens is 4. The van der Waals surface area contributed by atoms with Crippen LogP contribution >= 0.6 is 23.1 Å². The largest absolute Gasteiger partial charge is 0.383 e. The van der Waals surface area contributed by atoms with Crippen LogP contribution in [0.3, 0.4) is 0 Å². The topological polar surface area (TPSA) is 136 Å². The van der Waals surface area contributed by atoms with Crippen LogP contribution in [0.25, 0.3) is 10.2 Å². The van der Waals surface area contributed by atoms with Gasteiger partial charge in [0.1, 0.15) is 10.6 Å². The lowest BCUT2D eigenvalue weighted by Crippen LogP contribution is -2.40. The zero-order chi connectivity index (χ0) is 29.3. The highest BCUT2D eigenvalue weighted by Crippen LogP contribution is 2.29. The first-order valence-corrected chi connectivity index (χ1v) is 14.6. The van der Waals surface area contributed by atoms with E-state index in [1.165, 1.54) is 23.0 Å². The fourth-order valence-corrected chi connectivity index (χ4v) is 6.48. The Kier molecular flexibility index (Phi) is 7.95. The Bertz CT molecular complexity index is 1930. The molecule has 0 saturated heterocycles. The van der Waals surface area contributed by atoms with Crippen molar-refractivity contribution in [1.29, 1.82) is 0 Å². The molecule has 0 aliphatic carbocycles. The van der Waals surface area contributed by atoms with Gasteiger partial charge in [-0.1, -0.05) is 72.4 Å². The summed E-state index contributed by atoms with van der Waals surface area (Å²) in [4.78, 5) is 62.1. The molecule has 3 N–H and O–H groups in total. The second-order valence-electron chi connectivity index (χ2n) is 9.54. The average Bonchev–Trinajstić information content (AvgIpc) is 3.25. The number of carbonyl (C=O) groups excluding carboxylic acids is 1. The van der Waals surface area contributed by atoms with Crippen LogP contribution in [0.5, 0.6) is 0 Å². The summed E-state index contributed by atoms with van der Waals surface area (Å²) >= 11 is 2.55. The third kappa shape index (κ3) is 5.61. The molecule has 5 aromatic rings. The van der Waals surface area contributed by atoms with Crippen LogP contribution in [-0.2, 0) is 17.9 Å². The lowest BCUT2D eigenvalue weighted by molar-refractivity contribution is -0.115. The van der Waals surface area contributed by atoms with Gasteiger partial charge < -0.3 is 10.6 Å². The maximum Gasteiger partial charge on any atom is 0.330 e. The summed E-state index contributed by atoms with van der Waals surface area (Å²) in [5.74, 6) is -0.687. The maximum atomic E-state index is 13.6. The minimum absolute atomic E-state index is 0.117. The van der Waals surface area contributed by atoms with Gasteiger partial charge >= 0.3 is 5.69 Å². The third-order valence-corrected chi connectivity index (χ3v) is 8.93. The zero-order valence-corrected chi connectivity index (χ0v) is 24.3. The van der Waals surface area contributed by atoms with Gasteiger partial charge in [-0.05, 0) is 30.5 Å². The van der Waals surface area contributed by atoms with E-state index < -0.39 is 17.2 Å². The van der Waals surface area contributed by atoms with Crippen LogP contribution in [0.2, 0.25) is 0 Å². The fraction of sp³-hybridized carbons (Fsp3) is 0.207. The van der Waals surface area contributed by atoms with Gasteiger partial charge in [0.15, 0.2) is 10.8 Å². The summed E-state index contributed by atoms with van der Waals surface area (Å²) in [7, 11) is 1.43. The number of thioether (sulfide) groups is 1. The van der Waals surface area contributed by atoms with Crippen molar-refractivity contribution in [2.75, 3.05) is 23.4 Å². The number of H-pyrrole nitrogens is 1. The zero-order valence-electron chi connectivity index (χ0n) is 22.7. The number of nitrogens with one attached hydrogen (secondary N) is 1. The smallest absolute Gasteiger partial charge is 0.330 e. The molecule has 3 heterocycles. The number of carbonyl (C=O) groups is 1. The van der Waals surface area contributed by atoms with Crippen molar-refractivity contribution in [3.63, 3.8) is 0 Å². The van der Waals surface area contributed by atoms with Crippen LogP contribution in [0.1, 0.15) is 21.6 Å². The number of nitrogens with zero attached hydrogens (tertiary/aromatic N) is 4. The molecule has 12 heteroatoms. The van der Waals surface area contributed by atoms with E-state index in [2.05, 4.69) is 4.98 Å². The Morgan fingerprint density at radius 3 is 2.17 bits per heavy atom. The van der Waals surface area contributed by atoms with Gasteiger partial charge in [-0.2, -0.15) is 0 Å². The van der Waals surface area contributed by atoms with E-state index in [0.717, 1.165) is 38.2 Å². The highest BCUT2D eigenvalue weighted by atomic mass is 32.2. The molecule has 210 valence electrons. The lowest BCUT2D eigenvalue weighted by Gasteiger charge is -2.20. The van der Waals surface area contributed by atoms with Gasteiger partial charge in [0.2, 0.25) is 5.91 Å². The molecule has 0 radical (unpaired) electrons. The number of fused-ring (bicyclic) bond motifs is 1. The maximum absolute atomic E-state index is 13.6. The summed E-state index contributed by atoms with van der Waals surface area (Å²) in [6, 6.07) is 18.7. The molecule has 3 aromatic heterocycles. The number of anilines is 2. The molecule has 2 aromatic carbocycles. The number of amides is 1. The predicted molar refractivity (Wildman–Crippen MR) is 164 cm³/mol. The standard InChI is InChI=1S/C29H28N6O4S2/c1-17-18(2)41-26-22(17)27(38)35(15-20-12-8-5-9-13-20)29(32-26)40-16-21(36)33(3)23-24(30)34(28(39)31-25(23)37)14-19-10-6-4-7-11-19/h4-13H,14-16,30H2,1-3H3,(H,31,37,39). The van der Waals surface area contributed by atoms with Crippen LogP contribution < -0.4 is 27.4 Å². The van der Waals surface area contributed by atoms with E-state index in [-0.39, 0.29) is 29.4 Å². The summed E-state index contributed by atoms with van der Waals surface area (Å²) in [6.45, 7) is 4.28. The first kappa shape index (κ1) is 28.1. The van der Waals surface area contributed by atoms with Crippen LogP contribution in [0, 0.1) is 13.8 Å². The Morgan fingerprint density at radius 2 is 1.56 bits per heavy atom. The molecular weight excluding hydrogens is 560 g/mol. The quantitative estimate of drug-likeness (QED) is 0.210. The number of hydrogen-bond acceptors (Lipinski definition) is 8. The summed E-state index contributed by atoms with van der Waals surface area (Å²) in [6.07, 6.45) is 0. The average molecular weight is 589 g/mol. The van der Waals surface area contributed by atoms with Gasteiger partial charge in [0.05, 0.1) is 24.2 Å². The number of thiophene rings is 1. The monoisotopic (exact) mass is 588 g/mol. The van der Waals surface area contributed by atoms with Gasteiger partial charge in [0, 0.05) is 11.9 Å². The lowest BCUT2D eigenvalue weighted by atomic mass is 10.2. The van der Waals surface area contributed by atoms with Gasteiger partial charge in [0.25, 0.3) is 11.1 Å². The number of nitrogens with two attached hydrogens (primary N) is 1. The summed E-state index contributed by atoms with van der Waals surface area (Å²) in [5.41, 5.74) is 7.18. The fourth-order valence-electron chi connectivity index (χ4n) is 4.50. The molecule has 0 bridgehead atoms. The van der Waals surface area contributed by atoms with Crippen LogP contribution in [0.15, 0.2) is 80.2 Å². The number of rotatable bonds is 8. The molecule has 10 nitrogen and oxygen atoms in total. The van der Waals surface area contributed by atoms with E-state index in [1.54, 1.807) is 4.57 Å². The van der Waals surface area contributed by atoms with E-state index in [4.69, 9.17) is 10.7 Å². The molecule has 0 fully saturated rings. The Labute approximate surface area is 243 Å². The first-order chi connectivity index (χ1) is 19.7. The molecule has 0 atom stereocenters. The van der Waals surface area contributed by atoms with Crippen LogP contribution in [-0.4, -0.2) is 37.8 Å². The number of benzene rings is 2. The molecule has 0 unspecified atom stereocenters. The Morgan fingerprint density at radius 1 is 0.976 bits per heavy atom. The third-order valence-electron chi connectivity index (χ3n) is 6.87. The summed E-state index contributed by atoms with van der Waals surface area (Å²) < 4.78 is 2.80. The van der Waals surface area contributed by atoms with E-state index in [9.17, 15) is 19.2 Å². The Hall–Kier alpha value is -4.42. The second kappa shape index (κ2) is 11.6. The Balaban J connectivity index is 1.46. The molecule has 0 aliphatic rings. The normalized spacial score (nSPS) is 11.2. The summed E-state index contributed by atoms with van der Waals surface area (Å²) in [5, 5.41) is 0.974. The van der Waals surface area contributed by atoms with Crippen molar-refractivity contribution in [2.45, 2.75) is 32.1 Å². The van der Waals surface area contributed by atoms with Gasteiger partial charge in [-0.25, -0.2) is 9.78 Å². The molecule has 0 spiro atoms. The second-order valence-corrected chi connectivity index (χ2v) is 11.7. The van der Waals surface area contributed by atoms with E-state index in [1.807, 2.05) is 74.5 Å². The number of nitrogen functional groups attached to an aromatic ring is 1. The minimum Gasteiger partial charge on any atom is -0.383 e. The van der Waals surface area contributed by atoms with Gasteiger partial charge in [-0.15, -0.1) is 11.3 Å². The molecule has 0 aliphatic heterocycles. The molecule has 5 rings (SSSR count). The predicted octanol–water partition coefficient (Wildman–Crippen LogP) is 3.36. The van der Waals surface area contributed by atoms with Crippen molar-refractivity contribution in [2.24, 2.45) is 0 Å². The molecular formula is C29H28N6O4S2. The van der Waals surface area contributed by atoms with Gasteiger partial charge in [-0.3, -0.25) is 28.5 Å². The number of aromatic amines is 1. The van der Waals surface area contributed by atoms with E-state index >= 15 is 0 Å². The minimum atomic E-state index is -0.761. The van der Waals surface area contributed by atoms with Crippen molar-refractivity contribution in [3.05, 3.63) is 113 Å². The molecule has 41 heavy (non-hydrogen) atoms. The van der Waals surface area contributed by atoms with Crippen molar-refractivity contribution < 1.29 is 4.79 Å². The number of hydrogen-bond donors (Lipinski definition) is 2. The van der Waals surface area contributed by atoms with Crippen molar-refractivity contribution in [1.82, 2.24) is 19.1 Å². The first-order valence-electron chi connectivity index (χ1n) is 12.8. The van der Waals surface area contributed by atoms with Crippen molar-refractivity contribution >= 4 is 50.7 Å². The number of aryl methyl sites for hydroxylation is 2. The van der Waals surface area contributed by atoms with E-state index in [0.29, 0.717) is 21.9 Å². The molecule has 0 saturated carbocycles. The van der Waals surface area contributed by atoms with Crippen molar-refractivity contribution in [3.8, 4) is 0 Å². The van der Waals surface area contributed by atoms with Crippen LogP contribution in [0.4, 0.5) is 11.5 Å². The SMILES string of the molecule is Cc1sc2nc(SCC(=O)N(C)c3c(N)n(Cc4ccccc4)c(=O)[nH]c3=O)n(Cc3ccccc3)c(=O)c2c1C. The molecule has 1 amide bonds. The highest BCUT2D eigenvalue weighted by Gasteiger charge is 2.23. The highest BCUT2D eigenvalue weighted by molar-refractivity contribution is 7.99.